The first kappa shape index (κ1) is 18.7. The highest BCUT2D eigenvalue weighted by Gasteiger charge is 2.27. The number of likely N-dealkylation sites (tertiary alicyclic amines) is 1. The summed E-state index contributed by atoms with van der Waals surface area (Å²) < 4.78 is 5.54. The lowest BCUT2D eigenvalue weighted by atomic mass is 10.2. The highest BCUT2D eigenvalue weighted by atomic mass is 16.5. The number of ether oxygens (including phenoxy) is 1. The number of carbonyl (C=O) groups excluding carboxylic acids is 1. The first-order valence-corrected chi connectivity index (χ1v) is 8.27. The van der Waals surface area contributed by atoms with Gasteiger partial charge in [0.05, 0.1) is 6.61 Å². The van der Waals surface area contributed by atoms with E-state index in [1.165, 1.54) is 0 Å². The predicted octanol–water partition coefficient (Wildman–Crippen LogP) is 1.08. The van der Waals surface area contributed by atoms with Gasteiger partial charge in [0.15, 0.2) is 5.96 Å². The van der Waals surface area contributed by atoms with Crippen molar-refractivity contribution in [2.75, 3.05) is 39.9 Å². The van der Waals surface area contributed by atoms with Gasteiger partial charge in [-0.05, 0) is 12.3 Å². The molecule has 0 spiro atoms. The second-order valence-corrected chi connectivity index (χ2v) is 6.54. The van der Waals surface area contributed by atoms with E-state index < -0.39 is 0 Å². The van der Waals surface area contributed by atoms with Gasteiger partial charge in [0.2, 0.25) is 5.91 Å². The average Bonchev–Trinajstić information content (AvgIpc) is 2.92. The van der Waals surface area contributed by atoms with Gasteiger partial charge in [0.25, 0.3) is 0 Å². The molecule has 0 aromatic heterocycles. The van der Waals surface area contributed by atoms with Crippen molar-refractivity contribution in [3.8, 4) is 0 Å². The molecule has 1 saturated heterocycles. The van der Waals surface area contributed by atoms with Crippen LogP contribution in [0.25, 0.3) is 0 Å². The van der Waals surface area contributed by atoms with Crippen LogP contribution in [0.1, 0.15) is 34.1 Å². The van der Waals surface area contributed by atoms with E-state index in [0.717, 1.165) is 38.6 Å². The van der Waals surface area contributed by atoms with Gasteiger partial charge in [0, 0.05) is 45.2 Å². The van der Waals surface area contributed by atoms with Crippen molar-refractivity contribution >= 4 is 11.9 Å². The molecule has 0 aromatic rings. The summed E-state index contributed by atoms with van der Waals surface area (Å²) in [5.74, 6) is 1.63. The van der Waals surface area contributed by atoms with Crippen molar-refractivity contribution in [1.29, 1.82) is 0 Å². The maximum atomic E-state index is 12.0. The van der Waals surface area contributed by atoms with E-state index in [1.54, 1.807) is 7.05 Å². The smallest absolute Gasteiger partial charge is 0.225 e. The maximum Gasteiger partial charge on any atom is 0.225 e. The van der Waals surface area contributed by atoms with Crippen LogP contribution in [0.15, 0.2) is 4.99 Å². The van der Waals surface area contributed by atoms with Gasteiger partial charge in [-0.2, -0.15) is 0 Å². The number of aliphatic imine (C=N–C) groups is 1. The zero-order valence-corrected chi connectivity index (χ0v) is 14.7. The number of carbonyl (C=O) groups is 1. The van der Waals surface area contributed by atoms with E-state index >= 15 is 0 Å². The van der Waals surface area contributed by atoms with E-state index in [-0.39, 0.29) is 17.9 Å². The standard InChI is InChI=1S/C16H32N4O2/c1-12(2)11-22-9-7-18-16(17-5)19-14-6-8-20(10-14)15(21)13(3)4/h12-14H,6-11H2,1-5H3,(H2,17,18,19). The Balaban J connectivity index is 2.25. The van der Waals surface area contributed by atoms with Crippen molar-refractivity contribution in [1.82, 2.24) is 15.5 Å². The normalized spacial score (nSPS) is 19.1. The molecule has 1 rings (SSSR count). The fraction of sp³-hybridized carbons (Fsp3) is 0.875. The summed E-state index contributed by atoms with van der Waals surface area (Å²) in [7, 11) is 1.76. The lowest BCUT2D eigenvalue weighted by Gasteiger charge is -2.20. The SMILES string of the molecule is CN=C(NCCOCC(C)C)NC1CCN(C(=O)C(C)C)C1. The number of amides is 1. The topological polar surface area (TPSA) is 66.0 Å². The minimum absolute atomic E-state index is 0.0642. The fourth-order valence-corrected chi connectivity index (χ4v) is 2.39. The van der Waals surface area contributed by atoms with E-state index in [2.05, 4.69) is 29.5 Å². The summed E-state index contributed by atoms with van der Waals surface area (Å²) in [6.45, 7) is 11.9. The minimum atomic E-state index is 0.0642. The fourth-order valence-electron chi connectivity index (χ4n) is 2.39. The lowest BCUT2D eigenvalue weighted by molar-refractivity contribution is -0.133. The molecule has 0 radical (unpaired) electrons. The third kappa shape index (κ3) is 6.64. The molecule has 128 valence electrons. The van der Waals surface area contributed by atoms with E-state index in [9.17, 15) is 4.79 Å². The van der Waals surface area contributed by atoms with Gasteiger partial charge in [0.1, 0.15) is 0 Å². The van der Waals surface area contributed by atoms with Crippen molar-refractivity contribution in [3.05, 3.63) is 0 Å². The molecule has 1 fully saturated rings. The Morgan fingerprint density at radius 2 is 2.09 bits per heavy atom. The molecule has 1 heterocycles. The first-order chi connectivity index (χ1) is 10.4. The van der Waals surface area contributed by atoms with Crippen LogP contribution >= 0.6 is 0 Å². The van der Waals surface area contributed by atoms with Crippen LogP contribution in [0.3, 0.4) is 0 Å². The number of hydrogen-bond acceptors (Lipinski definition) is 3. The number of rotatable bonds is 7. The molecule has 0 aromatic carbocycles. The molecular formula is C16H32N4O2. The van der Waals surface area contributed by atoms with Crippen LogP contribution in [0.2, 0.25) is 0 Å². The molecule has 22 heavy (non-hydrogen) atoms. The highest BCUT2D eigenvalue weighted by Crippen LogP contribution is 2.12. The Bertz CT molecular complexity index is 369. The molecule has 1 atom stereocenters. The molecule has 1 aliphatic heterocycles. The van der Waals surface area contributed by atoms with Crippen molar-refractivity contribution < 1.29 is 9.53 Å². The van der Waals surface area contributed by atoms with Gasteiger partial charge >= 0.3 is 0 Å². The summed E-state index contributed by atoms with van der Waals surface area (Å²) in [5.41, 5.74) is 0. The second-order valence-electron chi connectivity index (χ2n) is 6.54. The minimum Gasteiger partial charge on any atom is -0.379 e. The first-order valence-electron chi connectivity index (χ1n) is 8.27. The number of guanidine groups is 1. The molecule has 6 heteroatoms. The van der Waals surface area contributed by atoms with Gasteiger partial charge < -0.3 is 20.3 Å². The van der Waals surface area contributed by atoms with Gasteiger partial charge in [-0.25, -0.2) is 0 Å². The summed E-state index contributed by atoms with van der Waals surface area (Å²) in [6, 6.07) is 0.269. The van der Waals surface area contributed by atoms with Crippen LogP contribution in [-0.2, 0) is 9.53 Å². The van der Waals surface area contributed by atoms with E-state index in [0.29, 0.717) is 12.5 Å². The Kier molecular flexibility index (Phi) is 8.24. The van der Waals surface area contributed by atoms with Crippen molar-refractivity contribution in [2.45, 2.75) is 40.2 Å². The third-order valence-electron chi connectivity index (χ3n) is 3.55. The largest absolute Gasteiger partial charge is 0.379 e. The number of nitrogens with zero attached hydrogens (tertiary/aromatic N) is 2. The Labute approximate surface area is 134 Å². The van der Waals surface area contributed by atoms with Crippen LogP contribution in [-0.4, -0.2) is 62.7 Å². The van der Waals surface area contributed by atoms with Gasteiger partial charge in [-0.15, -0.1) is 0 Å². The van der Waals surface area contributed by atoms with Crippen LogP contribution in [0.4, 0.5) is 0 Å². The maximum absolute atomic E-state index is 12.0. The lowest BCUT2D eigenvalue weighted by Crippen LogP contribution is -2.46. The molecule has 0 aliphatic carbocycles. The molecule has 0 bridgehead atoms. The number of nitrogens with one attached hydrogen (secondary N) is 2. The Hall–Kier alpha value is -1.30. The zero-order chi connectivity index (χ0) is 16.5. The molecule has 2 N–H and O–H groups in total. The van der Waals surface area contributed by atoms with Gasteiger partial charge in [-0.1, -0.05) is 27.7 Å². The second kappa shape index (κ2) is 9.66. The average molecular weight is 312 g/mol. The molecule has 1 aliphatic rings. The quantitative estimate of drug-likeness (QED) is 0.419. The van der Waals surface area contributed by atoms with E-state index in [1.807, 2.05) is 18.7 Å². The van der Waals surface area contributed by atoms with E-state index in [4.69, 9.17) is 4.74 Å². The monoisotopic (exact) mass is 312 g/mol. The zero-order valence-electron chi connectivity index (χ0n) is 14.7. The van der Waals surface area contributed by atoms with Crippen LogP contribution in [0, 0.1) is 11.8 Å². The summed E-state index contributed by atoms with van der Waals surface area (Å²) in [5, 5.41) is 6.63. The van der Waals surface area contributed by atoms with Crippen LogP contribution < -0.4 is 10.6 Å². The molecular weight excluding hydrogens is 280 g/mol. The van der Waals surface area contributed by atoms with Gasteiger partial charge in [-0.3, -0.25) is 9.79 Å². The third-order valence-corrected chi connectivity index (χ3v) is 3.55. The number of hydrogen-bond donors (Lipinski definition) is 2. The molecule has 1 amide bonds. The Morgan fingerprint density at radius 3 is 2.68 bits per heavy atom. The molecule has 1 unspecified atom stereocenters. The highest BCUT2D eigenvalue weighted by molar-refractivity contribution is 5.81. The molecule has 0 saturated carbocycles. The summed E-state index contributed by atoms with van der Waals surface area (Å²) >= 11 is 0. The summed E-state index contributed by atoms with van der Waals surface area (Å²) in [4.78, 5) is 18.1. The van der Waals surface area contributed by atoms with Crippen molar-refractivity contribution in [2.24, 2.45) is 16.8 Å². The summed E-state index contributed by atoms with van der Waals surface area (Å²) in [6.07, 6.45) is 0.961. The Morgan fingerprint density at radius 1 is 1.36 bits per heavy atom. The van der Waals surface area contributed by atoms with Crippen molar-refractivity contribution in [3.63, 3.8) is 0 Å². The predicted molar refractivity (Wildman–Crippen MR) is 90.0 cm³/mol. The van der Waals surface area contributed by atoms with Crippen LogP contribution in [0.5, 0.6) is 0 Å². The molecule has 6 nitrogen and oxygen atoms in total.